The van der Waals surface area contributed by atoms with E-state index in [2.05, 4.69) is 25.6 Å². The highest BCUT2D eigenvalue weighted by Gasteiger charge is 2.10. The van der Waals surface area contributed by atoms with Crippen molar-refractivity contribution in [2.75, 3.05) is 13.6 Å². The van der Waals surface area contributed by atoms with Crippen LogP contribution in [0.5, 0.6) is 0 Å². The van der Waals surface area contributed by atoms with E-state index < -0.39 is 0 Å². The molecule has 0 saturated heterocycles. The monoisotopic (exact) mass is 476 g/mol. The summed E-state index contributed by atoms with van der Waals surface area (Å²) < 4.78 is 20.9. The number of hydrogen-bond acceptors (Lipinski definition) is 5. The van der Waals surface area contributed by atoms with Crippen molar-refractivity contribution in [3.63, 3.8) is 0 Å². The van der Waals surface area contributed by atoms with Crippen molar-refractivity contribution in [2.45, 2.75) is 27.2 Å². The number of nitrogens with one attached hydrogen (secondary N) is 2. The second-order valence-electron chi connectivity index (χ2n) is 7.56. The number of amides is 1. The Morgan fingerprint density at radius 3 is 2.77 bits per heavy atom. The molecular formula is C26H29FN6O2. The molecular weight excluding hydrogens is 447 g/mol. The van der Waals surface area contributed by atoms with Gasteiger partial charge in [-0.15, -0.1) is 0 Å². The minimum absolute atomic E-state index is 0.00900. The molecule has 2 heterocycles. The molecule has 0 spiro atoms. The molecule has 0 bridgehead atoms. The number of nitrogens with zero attached hydrogens (tertiary/aromatic N) is 4. The Morgan fingerprint density at radius 2 is 2.09 bits per heavy atom. The summed E-state index contributed by atoms with van der Waals surface area (Å²) in [6, 6.07) is 0. The first-order chi connectivity index (χ1) is 16.9. The van der Waals surface area contributed by atoms with Crippen LogP contribution >= 0.6 is 0 Å². The summed E-state index contributed by atoms with van der Waals surface area (Å²) in [5, 5.41) is 6.47. The van der Waals surface area contributed by atoms with E-state index in [4.69, 9.17) is 4.42 Å². The zero-order chi connectivity index (χ0) is 25.2. The van der Waals surface area contributed by atoms with Gasteiger partial charge in [0.15, 0.2) is 11.8 Å². The molecule has 1 aliphatic rings. The van der Waals surface area contributed by atoms with Crippen molar-refractivity contribution in [2.24, 2.45) is 4.99 Å². The van der Waals surface area contributed by atoms with E-state index in [0.717, 1.165) is 22.3 Å². The Morgan fingerprint density at radius 1 is 1.26 bits per heavy atom. The lowest BCUT2D eigenvalue weighted by Gasteiger charge is -2.08. The van der Waals surface area contributed by atoms with E-state index in [1.165, 1.54) is 24.6 Å². The van der Waals surface area contributed by atoms with E-state index in [1.54, 1.807) is 39.4 Å². The summed E-state index contributed by atoms with van der Waals surface area (Å²) in [5.41, 5.74) is 3.85. The maximum atomic E-state index is 13.3. The van der Waals surface area contributed by atoms with Crippen LogP contribution in [0.3, 0.4) is 0 Å². The lowest BCUT2D eigenvalue weighted by Crippen LogP contribution is -2.35. The fourth-order valence-electron chi connectivity index (χ4n) is 3.29. The molecule has 182 valence electrons. The summed E-state index contributed by atoms with van der Waals surface area (Å²) >= 11 is 0. The third-order valence-electron chi connectivity index (χ3n) is 5.12. The van der Waals surface area contributed by atoms with Gasteiger partial charge in [0.05, 0.1) is 24.3 Å². The fourth-order valence-corrected chi connectivity index (χ4v) is 3.29. The molecule has 1 aliphatic carbocycles. The number of aryl methyl sites for hydroxylation is 1. The van der Waals surface area contributed by atoms with E-state index in [1.807, 2.05) is 35.9 Å². The van der Waals surface area contributed by atoms with Crippen LogP contribution in [-0.4, -0.2) is 39.9 Å². The molecule has 2 N–H and O–H groups in total. The van der Waals surface area contributed by atoms with Gasteiger partial charge in [0, 0.05) is 30.9 Å². The smallest absolute Gasteiger partial charge is 0.243 e. The number of oxazole rings is 1. The molecule has 2 aromatic heterocycles. The van der Waals surface area contributed by atoms with E-state index in [-0.39, 0.29) is 18.3 Å². The first-order valence-electron chi connectivity index (χ1n) is 11.1. The zero-order valence-corrected chi connectivity index (χ0v) is 20.2. The predicted molar refractivity (Wildman–Crippen MR) is 135 cm³/mol. The molecule has 9 heteroatoms. The Labute approximate surface area is 203 Å². The van der Waals surface area contributed by atoms with Gasteiger partial charge in [-0.05, 0) is 45.1 Å². The molecule has 0 saturated carbocycles. The average Bonchev–Trinajstić information content (AvgIpc) is 3.48. The van der Waals surface area contributed by atoms with E-state index in [0.29, 0.717) is 23.4 Å². The Kier molecular flexibility index (Phi) is 8.89. The minimum Gasteiger partial charge on any atom is -0.443 e. The maximum Gasteiger partial charge on any atom is 0.243 e. The summed E-state index contributed by atoms with van der Waals surface area (Å²) in [7, 11) is 1.63. The Hall–Kier alpha value is -4.27. The highest BCUT2D eigenvalue weighted by molar-refractivity contribution is 5.97. The normalized spacial score (nSPS) is 15.2. The standard InChI is InChI=1S/C26H29FN6O2/c1-5-20(27)11-12-21(6-2)32-24(34)14-29-23(28-4)13-10-19-8-7-9-22(25-26(19)35-17-31-25)33-15-18(3)30-16-33/h5-8,10-13,15-17H,9,14H2,1-4H3,(H,28,29)(H,32,34)/b12-11-,13-10+,20-5+,21-6+. The molecule has 0 atom stereocenters. The van der Waals surface area contributed by atoms with E-state index in [9.17, 15) is 9.18 Å². The van der Waals surface area contributed by atoms with Crippen molar-refractivity contribution < 1.29 is 13.6 Å². The second kappa shape index (κ2) is 12.3. The fraction of sp³-hybridized carbons (Fsp3) is 0.231. The topological polar surface area (TPSA) is 97.3 Å². The van der Waals surface area contributed by atoms with Gasteiger partial charge in [-0.3, -0.25) is 9.79 Å². The molecule has 0 unspecified atom stereocenters. The molecule has 3 rings (SSSR count). The molecule has 0 aliphatic heterocycles. The SMILES string of the molecule is C\C=C(F)/C=C\C(=C/C)NC(=O)CNC(/C=C/C1=c2ocnc2=C(n2cnc(C)c2)CC=C1)=NC. The van der Waals surface area contributed by atoms with Crippen molar-refractivity contribution >= 4 is 23.0 Å². The number of fused-ring (bicyclic) bond motifs is 1. The maximum absolute atomic E-state index is 13.3. The second-order valence-corrected chi connectivity index (χ2v) is 7.56. The van der Waals surface area contributed by atoms with Gasteiger partial charge >= 0.3 is 0 Å². The third-order valence-corrected chi connectivity index (χ3v) is 5.12. The van der Waals surface area contributed by atoms with Crippen molar-refractivity contribution in [3.05, 3.63) is 95.5 Å². The highest BCUT2D eigenvalue weighted by atomic mass is 19.1. The van der Waals surface area contributed by atoms with Crippen LogP contribution in [0.1, 0.15) is 26.0 Å². The largest absolute Gasteiger partial charge is 0.443 e. The number of hydrogen-bond donors (Lipinski definition) is 2. The van der Waals surface area contributed by atoms with Crippen molar-refractivity contribution in [1.29, 1.82) is 0 Å². The third kappa shape index (κ3) is 6.86. The predicted octanol–water partition coefficient (Wildman–Crippen LogP) is 2.57. The van der Waals surface area contributed by atoms with Crippen LogP contribution in [0.2, 0.25) is 0 Å². The number of rotatable bonds is 8. The number of aliphatic imine (C=N–C) groups is 1. The number of allylic oxidation sites excluding steroid dienone is 8. The number of imidazole rings is 1. The first-order valence-corrected chi connectivity index (χ1v) is 11.1. The average molecular weight is 477 g/mol. The van der Waals surface area contributed by atoms with Crippen LogP contribution in [0.15, 0.2) is 88.5 Å². The van der Waals surface area contributed by atoms with E-state index >= 15 is 0 Å². The van der Waals surface area contributed by atoms with Gasteiger partial charge in [-0.1, -0.05) is 24.3 Å². The Bertz CT molecular complexity index is 1370. The Balaban J connectivity index is 1.73. The number of carbonyl (C=O) groups is 1. The summed E-state index contributed by atoms with van der Waals surface area (Å²) in [6.45, 7) is 5.28. The van der Waals surface area contributed by atoms with Crippen LogP contribution in [0.25, 0.3) is 11.3 Å². The zero-order valence-electron chi connectivity index (χ0n) is 20.2. The molecule has 35 heavy (non-hydrogen) atoms. The molecule has 0 aromatic carbocycles. The van der Waals surface area contributed by atoms with Crippen LogP contribution in [0, 0.1) is 6.92 Å². The molecule has 0 fully saturated rings. The molecule has 1 amide bonds. The summed E-state index contributed by atoms with van der Waals surface area (Å²) in [4.78, 5) is 25.2. The van der Waals surface area contributed by atoms with Gasteiger partial charge < -0.3 is 19.6 Å². The lowest BCUT2D eigenvalue weighted by molar-refractivity contribution is -0.119. The molecule has 8 nitrogen and oxygen atoms in total. The summed E-state index contributed by atoms with van der Waals surface area (Å²) in [6.07, 6.45) is 19.2. The van der Waals surface area contributed by atoms with Crippen LogP contribution in [0.4, 0.5) is 4.39 Å². The lowest BCUT2D eigenvalue weighted by atomic mass is 10.2. The minimum atomic E-state index is -0.382. The highest BCUT2D eigenvalue weighted by Crippen LogP contribution is 2.11. The number of carbonyl (C=O) groups excluding carboxylic acids is 1. The first kappa shape index (κ1) is 25.4. The molecule has 0 radical (unpaired) electrons. The number of amidine groups is 1. The number of aromatic nitrogens is 3. The van der Waals surface area contributed by atoms with Crippen molar-refractivity contribution in [3.8, 4) is 0 Å². The summed E-state index contributed by atoms with van der Waals surface area (Å²) in [5.74, 6) is -0.155. The quantitative estimate of drug-likeness (QED) is 0.347. The van der Waals surface area contributed by atoms with Crippen LogP contribution < -0.4 is 21.4 Å². The molecule has 2 aromatic rings. The van der Waals surface area contributed by atoms with Gasteiger partial charge in [0.2, 0.25) is 5.91 Å². The van der Waals surface area contributed by atoms with Crippen molar-refractivity contribution in [1.82, 2.24) is 25.2 Å². The van der Waals surface area contributed by atoms with Crippen LogP contribution in [-0.2, 0) is 4.79 Å². The van der Waals surface area contributed by atoms with Gasteiger partial charge in [-0.2, -0.15) is 0 Å². The van der Waals surface area contributed by atoms with Gasteiger partial charge in [0.25, 0.3) is 0 Å². The van der Waals surface area contributed by atoms with Gasteiger partial charge in [0.1, 0.15) is 17.0 Å². The van der Waals surface area contributed by atoms with Gasteiger partial charge in [-0.25, -0.2) is 14.4 Å². The number of halogens is 1.